The lowest BCUT2D eigenvalue weighted by atomic mass is 10.1. The molecule has 0 radical (unpaired) electrons. The van der Waals surface area contributed by atoms with E-state index in [2.05, 4.69) is 15.2 Å². The Balaban J connectivity index is 1.44. The van der Waals surface area contributed by atoms with Gasteiger partial charge in [0.05, 0.1) is 18.4 Å². The van der Waals surface area contributed by atoms with Crippen LogP contribution in [-0.2, 0) is 0 Å². The van der Waals surface area contributed by atoms with Crippen LogP contribution in [0.4, 0.5) is 0 Å². The van der Waals surface area contributed by atoms with Gasteiger partial charge in [0.15, 0.2) is 5.69 Å². The monoisotopic (exact) mass is 383 g/mol. The van der Waals surface area contributed by atoms with Crippen LogP contribution in [0, 0.1) is 0 Å². The van der Waals surface area contributed by atoms with E-state index in [1.165, 1.54) is 11.0 Å². The Morgan fingerprint density at radius 3 is 2.85 bits per heavy atom. The van der Waals surface area contributed by atoms with Crippen molar-refractivity contribution in [1.29, 1.82) is 0 Å². The third-order valence-electron chi connectivity index (χ3n) is 4.39. The Bertz CT molecular complexity index is 931. The first-order chi connectivity index (χ1) is 13.2. The Labute approximate surface area is 161 Å². The van der Waals surface area contributed by atoms with E-state index in [4.69, 9.17) is 16.3 Å². The zero-order valence-corrected chi connectivity index (χ0v) is 15.3. The summed E-state index contributed by atoms with van der Waals surface area (Å²) in [5.74, 6) is 0.437. The van der Waals surface area contributed by atoms with Gasteiger partial charge in [-0.3, -0.25) is 9.78 Å². The van der Waals surface area contributed by atoms with E-state index in [9.17, 15) is 4.79 Å². The molecule has 0 aliphatic carbocycles. The number of benzene rings is 1. The molecule has 1 aliphatic rings. The van der Waals surface area contributed by atoms with Crippen LogP contribution in [0.1, 0.15) is 23.3 Å². The number of carbonyl (C=O) groups excluding carboxylic acids is 1. The van der Waals surface area contributed by atoms with Crippen LogP contribution in [-0.4, -0.2) is 50.0 Å². The minimum atomic E-state index is -0.147. The Morgan fingerprint density at radius 1 is 1.19 bits per heavy atom. The van der Waals surface area contributed by atoms with Gasteiger partial charge in [-0.2, -0.15) is 9.90 Å². The zero-order valence-electron chi connectivity index (χ0n) is 14.5. The van der Waals surface area contributed by atoms with E-state index in [1.807, 2.05) is 30.3 Å². The van der Waals surface area contributed by atoms with Gasteiger partial charge in [0, 0.05) is 25.0 Å². The fourth-order valence-electron chi connectivity index (χ4n) is 3.07. The molecule has 8 heteroatoms. The van der Waals surface area contributed by atoms with Crippen molar-refractivity contribution in [3.63, 3.8) is 0 Å². The summed E-state index contributed by atoms with van der Waals surface area (Å²) in [6.07, 6.45) is 6.27. The average Bonchev–Trinajstić information content (AvgIpc) is 3.20. The van der Waals surface area contributed by atoms with Crippen LogP contribution in [0.3, 0.4) is 0 Å². The summed E-state index contributed by atoms with van der Waals surface area (Å²) < 4.78 is 5.97. The number of amides is 1. The molecule has 0 N–H and O–H groups in total. The van der Waals surface area contributed by atoms with Crippen molar-refractivity contribution in [3.8, 4) is 11.4 Å². The number of nitrogens with zero attached hydrogens (tertiary/aromatic N) is 5. The molecular weight excluding hydrogens is 366 g/mol. The number of para-hydroxylation sites is 1. The highest BCUT2D eigenvalue weighted by Crippen LogP contribution is 2.26. The summed E-state index contributed by atoms with van der Waals surface area (Å²) in [6, 6.07) is 11.2. The molecule has 0 spiro atoms. The highest BCUT2D eigenvalue weighted by Gasteiger charge is 2.27. The number of hydrogen-bond acceptors (Lipinski definition) is 5. The van der Waals surface area contributed by atoms with Crippen LogP contribution in [0.25, 0.3) is 5.69 Å². The van der Waals surface area contributed by atoms with E-state index in [0.717, 1.165) is 18.5 Å². The number of halogens is 1. The van der Waals surface area contributed by atoms with E-state index >= 15 is 0 Å². The van der Waals surface area contributed by atoms with Gasteiger partial charge < -0.3 is 9.64 Å². The number of pyridine rings is 1. The lowest BCUT2D eigenvalue weighted by Gasteiger charge is -2.32. The summed E-state index contributed by atoms with van der Waals surface area (Å²) in [6.45, 7) is 1.15. The fraction of sp³-hybridized carbons (Fsp3) is 0.263. The second-order valence-corrected chi connectivity index (χ2v) is 6.70. The molecule has 1 atom stereocenters. The normalized spacial score (nSPS) is 16.9. The highest BCUT2D eigenvalue weighted by atomic mass is 35.5. The molecule has 1 fully saturated rings. The lowest BCUT2D eigenvalue weighted by Crippen LogP contribution is -2.44. The average molecular weight is 384 g/mol. The predicted octanol–water partition coefficient (Wildman–Crippen LogP) is 3.00. The van der Waals surface area contributed by atoms with Gasteiger partial charge in [-0.25, -0.2) is 0 Å². The molecule has 1 amide bonds. The number of hydrogen-bond donors (Lipinski definition) is 0. The molecule has 1 saturated heterocycles. The topological polar surface area (TPSA) is 73.1 Å². The van der Waals surface area contributed by atoms with Crippen molar-refractivity contribution in [3.05, 3.63) is 65.7 Å². The van der Waals surface area contributed by atoms with Crippen LogP contribution in [0.5, 0.6) is 5.75 Å². The first-order valence-corrected chi connectivity index (χ1v) is 9.12. The minimum Gasteiger partial charge on any atom is -0.487 e. The Morgan fingerprint density at radius 2 is 2.04 bits per heavy atom. The summed E-state index contributed by atoms with van der Waals surface area (Å²) >= 11 is 6.11. The van der Waals surface area contributed by atoms with Crippen molar-refractivity contribution < 1.29 is 9.53 Å². The van der Waals surface area contributed by atoms with Gasteiger partial charge in [0.25, 0.3) is 5.91 Å². The molecule has 0 saturated carbocycles. The molecule has 7 nitrogen and oxygen atoms in total. The molecule has 138 valence electrons. The first kappa shape index (κ1) is 17.5. The molecule has 4 rings (SSSR count). The summed E-state index contributed by atoms with van der Waals surface area (Å²) in [5, 5.41) is 8.99. The summed E-state index contributed by atoms with van der Waals surface area (Å²) in [4.78, 5) is 20.0. The van der Waals surface area contributed by atoms with Crippen molar-refractivity contribution in [2.75, 3.05) is 13.1 Å². The van der Waals surface area contributed by atoms with Crippen molar-refractivity contribution >= 4 is 17.5 Å². The second kappa shape index (κ2) is 7.75. The number of rotatable bonds is 4. The van der Waals surface area contributed by atoms with E-state index in [-0.39, 0.29) is 12.0 Å². The number of aromatic nitrogens is 4. The Hall–Kier alpha value is -2.93. The first-order valence-electron chi connectivity index (χ1n) is 8.74. The predicted molar refractivity (Wildman–Crippen MR) is 100 cm³/mol. The molecule has 2 aromatic heterocycles. The fourth-order valence-corrected chi connectivity index (χ4v) is 3.23. The number of carbonyl (C=O) groups is 1. The molecule has 0 bridgehead atoms. The molecule has 3 heterocycles. The largest absolute Gasteiger partial charge is 0.487 e. The molecule has 1 aromatic carbocycles. The quantitative estimate of drug-likeness (QED) is 0.692. The lowest BCUT2D eigenvalue weighted by molar-refractivity contribution is 0.0532. The van der Waals surface area contributed by atoms with Crippen molar-refractivity contribution in [2.24, 2.45) is 0 Å². The maximum Gasteiger partial charge on any atom is 0.276 e. The van der Waals surface area contributed by atoms with Gasteiger partial charge in [0.2, 0.25) is 0 Å². The smallest absolute Gasteiger partial charge is 0.276 e. The maximum atomic E-state index is 12.8. The van der Waals surface area contributed by atoms with Gasteiger partial charge in [0.1, 0.15) is 16.9 Å². The van der Waals surface area contributed by atoms with Gasteiger partial charge in [-0.05, 0) is 25.0 Å². The van der Waals surface area contributed by atoms with E-state index in [1.54, 1.807) is 23.4 Å². The highest BCUT2D eigenvalue weighted by molar-refractivity contribution is 6.31. The molecule has 1 aliphatic heterocycles. The van der Waals surface area contributed by atoms with Crippen LogP contribution < -0.4 is 4.74 Å². The standard InChI is InChI=1S/C19H18ClN5O2/c20-16-11-21-9-8-18(16)27-15-7-4-10-24(13-15)19(26)17-12-22-25(23-17)14-5-2-1-3-6-14/h1-3,5-6,8-9,11-12,15H,4,7,10,13H2. The maximum absolute atomic E-state index is 12.8. The second-order valence-electron chi connectivity index (χ2n) is 6.29. The molecule has 1 unspecified atom stereocenters. The molecular formula is C19H18ClN5O2. The van der Waals surface area contributed by atoms with Gasteiger partial charge >= 0.3 is 0 Å². The zero-order chi connectivity index (χ0) is 18.6. The van der Waals surface area contributed by atoms with Crippen molar-refractivity contribution in [2.45, 2.75) is 18.9 Å². The van der Waals surface area contributed by atoms with Crippen LogP contribution in [0.2, 0.25) is 5.02 Å². The van der Waals surface area contributed by atoms with E-state index in [0.29, 0.717) is 29.6 Å². The number of likely N-dealkylation sites (tertiary alicyclic amines) is 1. The SMILES string of the molecule is O=C(c1cnn(-c2ccccc2)n1)N1CCCC(Oc2ccncc2Cl)C1. The molecule has 3 aromatic rings. The number of piperidine rings is 1. The summed E-state index contributed by atoms with van der Waals surface area (Å²) in [5.41, 5.74) is 1.13. The van der Waals surface area contributed by atoms with Crippen LogP contribution >= 0.6 is 11.6 Å². The summed E-state index contributed by atoms with van der Waals surface area (Å²) in [7, 11) is 0. The number of ether oxygens (including phenoxy) is 1. The van der Waals surface area contributed by atoms with Gasteiger partial charge in [-0.1, -0.05) is 29.8 Å². The molecule has 27 heavy (non-hydrogen) atoms. The van der Waals surface area contributed by atoms with Crippen LogP contribution in [0.15, 0.2) is 55.0 Å². The van der Waals surface area contributed by atoms with Crippen molar-refractivity contribution in [1.82, 2.24) is 24.9 Å². The third kappa shape index (κ3) is 3.93. The third-order valence-corrected chi connectivity index (χ3v) is 4.68. The minimum absolute atomic E-state index is 0.119. The van der Waals surface area contributed by atoms with E-state index < -0.39 is 0 Å². The van der Waals surface area contributed by atoms with Gasteiger partial charge in [-0.15, -0.1) is 5.10 Å². The Kier molecular flexibility index (Phi) is 5.02.